The number of carbonyl (C=O) groups is 4. The van der Waals surface area contributed by atoms with Gasteiger partial charge in [0.1, 0.15) is 37.5 Å². The van der Waals surface area contributed by atoms with Crippen molar-refractivity contribution in [2.24, 2.45) is 10.4 Å². The number of rotatable bonds is 17. The molecule has 5 rings (SSSR count). The summed E-state index contributed by atoms with van der Waals surface area (Å²) in [6.45, 7) is 19.2. The molecule has 0 aliphatic carbocycles. The van der Waals surface area contributed by atoms with Gasteiger partial charge in [-0.2, -0.15) is 4.37 Å². The monoisotopic (exact) mass is 1090 g/mol. The number of benzene rings is 2. The number of terminal acetylenes is 1. The van der Waals surface area contributed by atoms with Gasteiger partial charge < -0.3 is 38.4 Å². The Kier molecular flexibility index (Phi) is 29.1. The minimum absolute atomic E-state index is 0.0371. The number of aliphatic carboxylic acids is 1. The van der Waals surface area contributed by atoms with Crippen molar-refractivity contribution in [3.8, 4) is 18.1 Å². The lowest BCUT2D eigenvalue weighted by atomic mass is 9.92. The molecular formula is C46H64Cl3FN7O10PS2. The molecule has 3 heterocycles. The molecule has 1 aromatic heterocycles. The molecule has 3 N–H and O–H groups in total. The maximum absolute atomic E-state index is 14.5. The summed E-state index contributed by atoms with van der Waals surface area (Å²) in [6.07, 6.45) is 16.2. The van der Waals surface area contributed by atoms with Gasteiger partial charge in [0.05, 0.1) is 49.5 Å². The standard InChI is InChI=1S/C18H17FN4O2S.C14H20ClNO2.C8H11Cl2NO.C3H8NO5P.C3H9S/c1-4-5-22-13-7-12(11(19)6-14(13)25-9-16(22)24)20-17-23-10-18(2,3)8-15(23)21-26-17;1-4-12-8-6-7-11(3)14(12)16(10-18-5-2)13(17)9-15;1-3-5-11(6-4-2)8(12)7(9)10;5-3(6)1-4-2-10(7,8)9;1-4(2)3/h1,6-7H,5,8-10H2,2-3H3;6-8H,4-5,9-10H2,1-3H3;3-4,7H,1-2,5-6H2;4H,1-2H2,(H,5,6)(H2,7,8,9);1-3H3/q;;;;+1/p-1. The van der Waals surface area contributed by atoms with Crippen molar-refractivity contribution in [1.82, 2.24) is 19.2 Å². The molecule has 2 aliphatic heterocycles. The number of carbonyl (C=O) groups excluding carboxylic acids is 3. The topological polar surface area (TPSA) is 219 Å². The Labute approximate surface area is 432 Å². The van der Waals surface area contributed by atoms with E-state index in [9.17, 15) is 33.0 Å². The fourth-order valence-electron chi connectivity index (χ4n) is 6.16. The van der Waals surface area contributed by atoms with E-state index in [-0.39, 0.29) is 54.6 Å². The Bertz CT molecular complexity index is 2380. The Morgan fingerprint density at radius 3 is 2.36 bits per heavy atom. The summed E-state index contributed by atoms with van der Waals surface area (Å²) < 4.78 is 41.6. The molecule has 388 valence electrons. The van der Waals surface area contributed by atoms with Crippen LogP contribution in [0.3, 0.4) is 0 Å². The smallest absolute Gasteiger partial charge is 0.317 e. The number of halogens is 4. The first kappa shape index (κ1) is 63.8. The lowest BCUT2D eigenvalue weighted by Crippen LogP contribution is -2.39. The average molecular weight is 1100 g/mol. The molecule has 3 aromatic rings. The van der Waals surface area contributed by atoms with Crippen LogP contribution in [-0.2, 0) is 58.8 Å². The molecule has 24 heteroatoms. The predicted octanol–water partition coefficient (Wildman–Crippen LogP) is 6.03. The number of ether oxygens (including phenoxy) is 2. The summed E-state index contributed by atoms with van der Waals surface area (Å²) in [5, 5.41) is 9.97. The molecule has 0 fully saturated rings. The fraction of sp³-hybridized carbons (Fsp3) is 0.478. The van der Waals surface area contributed by atoms with Gasteiger partial charge in [-0.05, 0) is 53.8 Å². The summed E-state index contributed by atoms with van der Waals surface area (Å²) in [5.41, 5.74) is 3.80. The number of para-hydroxylation sites is 1. The summed E-state index contributed by atoms with van der Waals surface area (Å²) >= 11 is 17.7. The molecule has 70 heavy (non-hydrogen) atoms. The highest BCUT2D eigenvalue weighted by atomic mass is 35.5. The maximum Gasteiger partial charge on any atom is 0.317 e. The van der Waals surface area contributed by atoms with E-state index in [1.165, 1.54) is 33.5 Å². The van der Waals surface area contributed by atoms with E-state index in [1.807, 2.05) is 41.9 Å². The largest absolute Gasteiger partial charge is 0.778 e. The second kappa shape index (κ2) is 31.9. The molecule has 2 aliphatic rings. The van der Waals surface area contributed by atoms with Crippen LogP contribution in [0.25, 0.3) is 0 Å². The third kappa shape index (κ3) is 22.4. The van der Waals surface area contributed by atoms with Gasteiger partial charge >= 0.3 is 5.97 Å². The van der Waals surface area contributed by atoms with Crippen molar-refractivity contribution < 1.29 is 52.5 Å². The number of carboxylic acid groups (broad SMARTS) is 1. The molecule has 0 radical (unpaired) electrons. The minimum atomic E-state index is -4.35. The highest BCUT2D eigenvalue weighted by molar-refractivity contribution is 7.94. The van der Waals surface area contributed by atoms with Crippen LogP contribution >= 0.6 is 53.9 Å². The summed E-state index contributed by atoms with van der Waals surface area (Å²) in [6, 6.07) is 8.78. The van der Waals surface area contributed by atoms with Gasteiger partial charge in [-0.25, -0.2) is 9.38 Å². The number of aromatic nitrogens is 2. The first-order chi connectivity index (χ1) is 32.8. The van der Waals surface area contributed by atoms with Crippen LogP contribution in [0, 0.1) is 30.5 Å². The molecule has 0 saturated heterocycles. The van der Waals surface area contributed by atoms with E-state index in [1.54, 1.807) is 17.1 Å². The van der Waals surface area contributed by atoms with Gasteiger partial charge in [0, 0.05) is 50.3 Å². The van der Waals surface area contributed by atoms with Gasteiger partial charge in [0.15, 0.2) is 17.3 Å². The fourth-order valence-corrected chi connectivity index (χ4v) is 7.73. The van der Waals surface area contributed by atoms with Crippen LogP contribution in [0.2, 0.25) is 0 Å². The summed E-state index contributed by atoms with van der Waals surface area (Å²) in [4.78, 5) is 71.6. The van der Waals surface area contributed by atoms with Gasteiger partial charge in [-0.3, -0.25) is 34.3 Å². The Balaban J connectivity index is 0.000000487. The Morgan fingerprint density at radius 1 is 1.21 bits per heavy atom. The second-order valence-corrected chi connectivity index (χ2v) is 22.3. The Hall–Kier alpha value is -4.26. The summed E-state index contributed by atoms with van der Waals surface area (Å²) in [7, 11) is -3.71. The van der Waals surface area contributed by atoms with Gasteiger partial charge in [0.2, 0.25) is 10.7 Å². The highest BCUT2D eigenvalue weighted by Gasteiger charge is 2.31. The van der Waals surface area contributed by atoms with Gasteiger partial charge in [-0.15, -0.1) is 31.2 Å². The normalized spacial score (nSPS) is 14.0. The van der Waals surface area contributed by atoms with Crippen LogP contribution in [0.1, 0.15) is 44.6 Å². The number of fused-ring (bicyclic) bond motifs is 2. The minimum Gasteiger partial charge on any atom is -0.778 e. The quantitative estimate of drug-likeness (QED) is 0.0353. The zero-order valence-electron chi connectivity index (χ0n) is 40.7. The molecule has 1 unspecified atom stereocenters. The summed E-state index contributed by atoms with van der Waals surface area (Å²) in [5.74, 6) is 1.26. The number of hydrogen-bond acceptors (Lipinski definition) is 12. The van der Waals surface area contributed by atoms with E-state index >= 15 is 0 Å². The molecule has 3 amide bonds. The van der Waals surface area contributed by atoms with Crippen molar-refractivity contribution in [1.29, 1.82) is 0 Å². The van der Waals surface area contributed by atoms with Crippen molar-refractivity contribution >= 4 is 106 Å². The van der Waals surface area contributed by atoms with E-state index in [0.29, 0.717) is 46.8 Å². The Morgan fingerprint density at radius 2 is 1.84 bits per heavy atom. The second-order valence-electron chi connectivity index (χ2n) is 16.1. The zero-order chi connectivity index (χ0) is 53.4. The molecule has 0 saturated carbocycles. The molecular weight excluding hydrogens is 1030 g/mol. The lowest BCUT2D eigenvalue weighted by Gasteiger charge is -2.28. The first-order valence-corrected chi connectivity index (χ1v) is 27.8. The highest BCUT2D eigenvalue weighted by Crippen LogP contribution is 2.38. The predicted molar refractivity (Wildman–Crippen MR) is 279 cm³/mol. The number of nitrogens with zero attached hydrogens (tertiary/aromatic N) is 6. The zero-order valence-corrected chi connectivity index (χ0v) is 45.5. The van der Waals surface area contributed by atoms with Crippen LogP contribution in [0.5, 0.6) is 5.75 Å². The van der Waals surface area contributed by atoms with Crippen LogP contribution in [-0.4, -0.2) is 129 Å². The molecule has 2 aromatic carbocycles. The number of aryl methyl sites for hydroxylation is 2. The van der Waals surface area contributed by atoms with E-state index < -0.39 is 37.0 Å². The molecule has 0 spiro atoms. The van der Waals surface area contributed by atoms with Gasteiger partial charge in [0.25, 0.3) is 11.8 Å². The van der Waals surface area contributed by atoms with Crippen LogP contribution in [0.15, 0.2) is 60.6 Å². The van der Waals surface area contributed by atoms with Crippen molar-refractivity contribution in [2.45, 2.75) is 58.8 Å². The van der Waals surface area contributed by atoms with Gasteiger partial charge in [-0.1, -0.05) is 80.2 Å². The van der Waals surface area contributed by atoms with Crippen molar-refractivity contribution in [2.75, 3.05) is 86.9 Å². The molecule has 0 bridgehead atoms. The lowest BCUT2D eigenvalue weighted by molar-refractivity contribution is -0.193. The third-order valence-corrected chi connectivity index (χ3v) is 11.0. The third-order valence-electron chi connectivity index (χ3n) is 9.03. The van der Waals surface area contributed by atoms with Crippen molar-refractivity contribution in [3.05, 3.63) is 83.2 Å². The van der Waals surface area contributed by atoms with E-state index in [0.717, 1.165) is 42.0 Å². The first-order valence-electron chi connectivity index (χ1n) is 21.4. The average Bonchev–Trinajstić information content (AvgIpc) is 3.79. The van der Waals surface area contributed by atoms with Crippen LogP contribution in [0.4, 0.5) is 21.5 Å². The van der Waals surface area contributed by atoms with Crippen LogP contribution < -0.4 is 29.5 Å². The number of nitrogens with one attached hydrogen (secondary N) is 1. The maximum atomic E-state index is 14.5. The SMILES string of the molecule is C#CCN1C(=O)COc2cc(F)c(N=c3snc4n3CC(C)(C)C4)cc21.C=CCN(CC=C)C(=O)C(Cl)Cl.CCOCN(C(=O)CCl)c1c(C)cccc1CC.C[S+](C)C.O=C(O)CNCP(=O)([O-])O. The number of alkyl halides is 3. The number of carboxylic acids is 1. The number of hydrogen-bond donors (Lipinski definition) is 3. The number of anilines is 2. The van der Waals surface area contributed by atoms with E-state index in [2.05, 4.69) is 68.0 Å². The molecule has 1 atom stereocenters. The van der Waals surface area contributed by atoms with Crippen molar-refractivity contribution in [3.63, 3.8) is 0 Å². The number of amides is 3. The van der Waals surface area contributed by atoms with E-state index in [4.69, 9.17) is 60.7 Å². The molecule has 17 nitrogen and oxygen atoms in total.